The average Bonchev–Trinajstić information content (AvgIpc) is 2.54. The van der Waals surface area contributed by atoms with Crippen molar-refractivity contribution in [3.8, 4) is 17.6 Å². The third kappa shape index (κ3) is 3.16. The zero-order valence-corrected chi connectivity index (χ0v) is 12.2. The van der Waals surface area contributed by atoms with Gasteiger partial charge < -0.3 is 10.2 Å². The third-order valence-corrected chi connectivity index (χ3v) is 3.13. The van der Waals surface area contributed by atoms with Crippen LogP contribution in [0.25, 0.3) is 21.5 Å². The predicted molar refractivity (Wildman–Crippen MR) is 88.4 cm³/mol. The topological polar surface area (TPSA) is 40.5 Å². The molecule has 0 aliphatic heterocycles. The van der Waals surface area contributed by atoms with E-state index in [0.29, 0.717) is 0 Å². The second kappa shape index (κ2) is 6.78. The van der Waals surface area contributed by atoms with Gasteiger partial charge in [0.25, 0.3) is 0 Å². The lowest BCUT2D eigenvalue weighted by molar-refractivity contribution is 0.350. The molecule has 0 spiro atoms. The van der Waals surface area contributed by atoms with Crippen molar-refractivity contribution in [1.82, 2.24) is 0 Å². The number of hydrogen-bond acceptors (Lipinski definition) is 2. The van der Waals surface area contributed by atoms with Crippen LogP contribution in [-0.4, -0.2) is 16.8 Å². The molecule has 0 fully saturated rings. The molecule has 0 unspecified atom stereocenters. The van der Waals surface area contributed by atoms with E-state index in [1.165, 1.54) is 0 Å². The lowest BCUT2D eigenvalue weighted by atomic mass is 10.00. The van der Waals surface area contributed by atoms with E-state index in [9.17, 15) is 5.11 Å². The fourth-order valence-electron chi connectivity index (χ4n) is 2.28. The van der Waals surface area contributed by atoms with Crippen molar-refractivity contribution in [3.05, 3.63) is 54.1 Å². The predicted octanol–water partition coefficient (Wildman–Crippen LogP) is 4.07. The molecule has 0 aliphatic rings. The number of fused-ring (bicyclic) bond motifs is 3. The van der Waals surface area contributed by atoms with Crippen LogP contribution in [0.4, 0.5) is 0 Å². The summed E-state index contributed by atoms with van der Waals surface area (Å²) in [6.45, 7) is 3.87. The Morgan fingerprint density at radius 1 is 0.857 bits per heavy atom. The quantitative estimate of drug-likeness (QED) is 0.481. The Morgan fingerprint density at radius 2 is 1.48 bits per heavy atom. The molecule has 106 valence electrons. The highest BCUT2D eigenvalue weighted by molar-refractivity contribution is 6.08. The third-order valence-electron chi connectivity index (χ3n) is 3.13. The van der Waals surface area contributed by atoms with Crippen LogP contribution in [-0.2, 0) is 0 Å². The molecular formula is C19H18O2. The van der Waals surface area contributed by atoms with Gasteiger partial charge in [-0.25, -0.2) is 0 Å². The van der Waals surface area contributed by atoms with Gasteiger partial charge in [0.15, 0.2) is 0 Å². The monoisotopic (exact) mass is 278 g/mol. The van der Waals surface area contributed by atoms with Gasteiger partial charge >= 0.3 is 0 Å². The van der Waals surface area contributed by atoms with E-state index in [1.54, 1.807) is 12.1 Å². The molecule has 0 bridgehead atoms. The minimum absolute atomic E-state index is 0.130. The average molecular weight is 278 g/mol. The van der Waals surface area contributed by atoms with Crippen LogP contribution >= 0.6 is 0 Å². The molecule has 0 saturated heterocycles. The second-order valence-electron chi connectivity index (χ2n) is 4.37. The first-order chi connectivity index (χ1) is 10.3. The minimum Gasteiger partial charge on any atom is -0.508 e. The van der Waals surface area contributed by atoms with Crippen molar-refractivity contribution >= 4 is 21.5 Å². The number of rotatable bonds is 0. The van der Waals surface area contributed by atoms with Crippen molar-refractivity contribution in [2.24, 2.45) is 0 Å². The fraction of sp³-hybridized carbons (Fsp3) is 0.158. The van der Waals surface area contributed by atoms with Crippen LogP contribution in [0.3, 0.4) is 0 Å². The summed E-state index contributed by atoms with van der Waals surface area (Å²) in [6, 6.07) is 15.3. The second-order valence-corrected chi connectivity index (χ2v) is 4.37. The zero-order chi connectivity index (χ0) is 15.2. The lowest BCUT2D eigenvalue weighted by Crippen LogP contribution is -1.81. The van der Waals surface area contributed by atoms with E-state index < -0.39 is 0 Å². The number of aromatic hydroxyl groups is 1. The Kier molecular flexibility index (Phi) is 4.81. The zero-order valence-electron chi connectivity index (χ0n) is 12.2. The molecule has 21 heavy (non-hydrogen) atoms. The van der Waals surface area contributed by atoms with Crippen LogP contribution < -0.4 is 0 Å². The highest BCUT2D eigenvalue weighted by Crippen LogP contribution is 2.28. The van der Waals surface area contributed by atoms with Crippen molar-refractivity contribution in [2.45, 2.75) is 13.8 Å². The first kappa shape index (κ1) is 14.9. The van der Waals surface area contributed by atoms with Gasteiger partial charge in [0.05, 0.1) is 0 Å². The Labute approximate surface area is 124 Å². The first-order valence-corrected chi connectivity index (χ1v) is 7.03. The molecule has 0 aliphatic carbocycles. The smallest absolute Gasteiger partial charge is 0.116 e. The molecule has 3 aromatic carbocycles. The minimum atomic E-state index is -0.130. The summed E-state index contributed by atoms with van der Waals surface area (Å²) in [4.78, 5) is 0. The Hall–Kier alpha value is -2.50. The van der Waals surface area contributed by atoms with Crippen molar-refractivity contribution < 1.29 is 10.2 Å². The molecule has 0 aromatic heterocycles. The number of benzene rings is 3. The number of phenols is 1. The van der Waals surface area contributed by atoms with E-state index in [2.05, 4.69) is 11.8 Å². The lowest BCUT2D eigenvalue weighted by Gasteiger charge is -2.05. The summed E-state index contributed by atoms with van der Waals surface area (Å²) >= 11 is 0. The number of phenolic OH excluding ortho intramolecular Hbond substituents is 1. The summed E-state index contributed by atoms with van der Waals surface area (Å²) < 4.78 is 0. The van der Waals surface area contributed by atoms with Crippen LogP contribution in [0.5, 0.6) is 5.75 Å². The summed E-state index contributed by atoms with van der Waals surface area (Å²) in [7, 11) is 0. The van der Waals surface area contributed by atoms with Crippen LogP contribution in [0.1, 0.15) is 19.4 Å². The summed E-state index contributed by atoms with van der Waals surface area (Å²) in [5.74, 6) is 5.83. The first-order valence-electron chi connectivity index (χ1n) is 7.03. The summed E-state index contributed by atoms with van der Waals surface area (Å²) in [6.07, 6.45) is 0. The summed E-state index contributed by atoms with van der Waals surface area (Å²) in [5.41, 5.74) is 0.889. The Balaban J connectivity index is 0.000000774. The molecule has 0 heterocycles. The van der Waals surface area contributed by atoms with E-state index in [4.69, 9.17) is 5.11 Å². The maximum atomic E-state index is 9.50. The van der Waals surface area contributed by atoms with E-state index in [-0.39, 0.29) is 12.4 Å². The van der Waals surface area contributed by atoms with Gasteiger partial charge in [0, 0.05) is 5.56 Å². The van der Waals surface area contributed by atoms with E-state index in [0.717, 1.165) is 27.1 Å². The molecule has 3 aromatic rings. The van der Waals surface area contributed by atoms with Gasteiger partial charge in [-0.3, -0.25) is 0 Å². The normalized spacial score (nSPS) is 9.67. The van der Waals surface area contributed by atoms with Crippen molar-refractivity contribution in [1.29, 1.82) is 0 Å². The van der Waals surface area contributed by atoms with Gasteiger partial charge in [0.2, 0.25) is 0 Å². The molecule has 0 saturated carbocycles. The van der Waals surface area contributed by atoms with E-state index in [1.807, 2.05) is 50.2 Å². The van der Waals surface area contributed by atoms with Gasteiger partial charge in [0.1, 0.15) is 12.4 Å². The molecule has 0 atom stereocenters. The maximum absolute atomic E-state index is 9.50. The number of aliphatic hydroxyl groups excluding tert-OH is 1. The van der Waals surface area contributed by atoms with Gasteiger partial charge in [-0.2, -0.15) is 0 Å². The van der Waals surface area contributed by atoms with Gasteiger partial charge in [-0.05, 0) is 45.8 Å². The molecule has 2 nitrogen and oxygen atoms in total. The standard InChI is InChI=1S/C17H12O2.C2H6/c18-9-1-2-12-3-7-16-13(10-12)4-5-14-11-15(19)6-8-17(14)16;1-2/h3-8,10-11,18-19H,9H2;1-2H3. The maximum Gasteiger partial charge on any atom is 0.116 e. The molecule has 3 rings (SSSR count). The Morgan fingerprint density at radius 3 is 2.14 bits per heavy atom. The molecule has 2 heteroatoms. The van der Waals surface area contributed by atoms with Gasteiger partial charge in [-0.15, -0.1) is 0 Å². The molecule has 0 radical (unpaired) electrons. The van der Waals surface area contributed by atoms with Crippen LogP contribution in [0.15, 0.2) is 48.5 Å². The van der Waals surface area contributed by atoms with Gasteiger partial charge in [-0.1, -0.05) is 50.0 Å². The van der Waals surface area contributed by atoms with Crippen molar-refractivity contribution in [2.75, 3.05) is 6.61 Å². The Bertz CT molecular complexity index is 823. The summed E-state index contributed by atoms with van der Waals surface area (Å²) in [5, 5.41) is 22.6. The van der Waals surface area contributed by atoms with Crippen LogP contribution in [0, 0.1) is 11.8 Å². The largest absolute Gasteiger partial charge is 0.508 e. The highest BCUT2D eigenvalue weighted by atomic mass is 16.3. The van der Waals surface area contributed by atoms with Crippen LogP contribution in [0.2, 0.25) is 0 Å². The SMILES string of the molecule is CC.OCC#Cc1ccc2c(ccc3cc(O)ccc32)c1. The molecule has 2 N–H and O–H groups in total. The molecule has 0 amide bonds. The number of aliphatic hydroxyl groups is 1. The number of hydrogen-bond donors (Lipinski definition) is 2. The highest BCUT2D eigenvalue weighted by Gasteiger charge is 2.01. The van der Waals surface area contributed by atoms with E-state index >= 15 is 0 Å². The molecular weight excluding hydrogens is 260 g/mol. The fourth-order valence-corrected chi connectivity index (χ4v) is 2.28. The van der Waals surface area contributed by atoms with Crippen molar-refractivity contribution in [3.63, 3.8) is 0 Å².